The maximum absolute atomic E-state index is 12.9. The van der Waals surface area contributed by atoms with Crippen molar-refractivity contribution < 1.29 is 4.79 Å². The summed E-state index contributed by atoms with van der Waals surface area (Å²) in [5.41, 5.74) is 3.50. The van der Waals surface area contributed by atoms with Crippen LogP contribution in [-0.4, -0.2) is 10.4 Å². The highest BCUT2D eigenvalue weighted by molar-refractivity contribution is 8.14. The number of carbonyl (C=O) groups excluding carboxylic acids is 1. The average molecular weight is 507 g/mol. The van der Waals surface area contributed by atoms with Crippen LogP contribution < -0.4 is 0 Å². The Balaban J connectivity index is 1.25. The molecule has 0 saturated heterocycles. The van der Waals surface area contributed by atoms with Crippen LogP contribution in [0, 0.1) is 46.3 Å². The van der Waals surface area contributed by atoms with E-state index in [0.717, 1.165) is 47.5 Å². The Morgan fingerprint density at radius 1 is 0.972 bits per heavy atom. The van der Waals surface area contributed by atoms with Crippen molar-refractivity contribution in [3.05, 3.63) is 47.5 Å². The van der Waals surface area contributed by atoms with Gasteiger partial charge in [-0.05, 0) is 97.7 Å². The molecule has 0 N–H and O–H groups in total. The van der Waals surface area contributed by atoms with E-state index in [1.54, 1.807) is 17.3 Å². The van der Waals surface area contributed by atoms with Crippen molar-refractivity contribution in [3.63, 3.8) is 0 Å². The van der Waals surface area contributed by atoms with Crippen LogP contribution in [0.25, 0.3) is 0 Å². The third-order valence-corrected chi connectivity index (χ3v) is 12.7. The zero-order valence-electron chi connectivity index (χ0n) is 23.6. The largest absolute Gasteiger partial charge is 0.282 e. The van der Waals surface area contributed by atoms with E-state index >= 15 is 0 Å². The van der Waals surface area contributed by atoms with E-state index in [2.05, 4.69) is 40.7 Å². The Morgan fingerprint density at radius 3 is 2.50 bits per heavy atom. The first-order chi connectivity index (χ1) is 17.2. The second-order valence-corrected chi connectivity index (χ2v) is 15.2. The molecule has 0 aliphatic heterocycles. The fraction of sp³-hybridized carbons (Fsp3) is 0.735. The third kappa shape index (κ3) is 4.90. The lowest BCUT2D eigenvalue weighted by molar-refractivity contribution is -0.0497. The Morgan fingerprint density at radius 2 is 1.75 bits per heavy atom. The van der Waals surface area contributed by atoms with Crippen LogP contribution in [0.5, 0.6) is 0 Å². The van der Waals surface area contributed by atoms with Gasteiger partial charge in [0.15, 0.2) is 0 Å². The van der Waals surface area contributed by atoms with Crippen LogP contribution in [0.3, 0.4) is 0 Å². The standard InChI is InChI=1S/C34H50OS/c1-23(2)10-9-11-24(3)29-16-17-30-28-15-14-26-22-27(36-32(35)25-12-7-6-8-13-25)18-20-33(26,4)31(28)19-21-34(29,30)5/h6-8,12-14,23-24,27-31H,9-11,15-22H2,1-5H3. The first-order valence-corrected chi connectivity index (χ1v) is 16.1. The molecule has 1 aromatic carbocycles. The summed E-state index contributed by atoms with van der Waals surface area (Å²) in [6, 6.07) is 9.88. The van der Waals surface area contributed by atoms with Crippen LogP contribution in [0.4, 0.5) is 0 Å². The number of rotatable bonds is 7. The number of carbonyl (C=O) groups is 1. The quantitative estimate of drug-likeness (QED) is 0.342. The smallest absolute Gasteiger partial charge is 0.219 e. The number of thioether (sulfide) groups is 1. The van der Waals surface area contributed by atoms with Crippen molar-refractivity contribution in [3.8, 4) is 0 Å². The molecule has 3 fully saturated rings. The normalized spacial score (nSPS) is 38.6. The van der Waals surface area contributed by atoms with Crippen molar-refractivity contribution in [2.45, 2.75) is 110 Å². The minimum absolute atomic E-state index is 0.256. The number of benzene rings is 1. The van der Waals surface area contributed by atoms with E-state index in [1.165, 1.54) is 64.2 Å². The predicted molar refractivity (Wildman–Crippen MR) is 155 cm³/mol. The SMILES string of the molecule is CC(C)CCCC(C)C1CCC2C3CC=C4CC(SC(=O)c5ccccc5)CCC4(C)C3CCC12C. The molecule has 1 aromatic rings. The van der Waals surface area contributed by atoms with Gasteiger partial charge in [0.25, 0.3) is 0 Å². The molecule has 1 nitrogen and oxygen atoms in total. The van der Waals surface area contributed by atoms with Gasteiger partial charge in [-0.25, -0.2) is 0 Å². The predicted octanol–water partition coefficient (Wildman–Crippen LogP) is 9.97. The number of hydrogen-bond donors (Lipinski definition) is 0. The lowest BCUT2D eigenvalue weighted by Crippen LogP contribution is -2.50. The molecule has 0 amide bonds. The minimum atomic E-state index is 0.256. The topological polar surface area (TPSA) is 17.1 Å². The van der Waals surface area contributed by atoms with E-state index in [-0.39, 0.29) is 5.12 Å². The monoisotopic (exact) mass is 506 g/mol. The molecule has 0 radical (unpaired) electrons. The van der Waals surface area contributed by atoms with Crippen molar-refractivity contribution in [1.82, 2.24) is 0 Å². The molecule has 2 heteroatoms. The molecule has 0 heterocycles. The molecule has 0 spiro atoms. The van der Waals surface area contributed by atoms with Crippen LogP contribution >= 0.6 is 11.8 Å². The minimum Gasteiger partial charge on any atom is -0.282 e. The Bertz CT molecular complexity index is 949. The van der Waals surface area contributed by atoms with E-state index in [1.807, 2.05) is 30.3 Å². The summed E-state index contributed by atoms with van der Waals surface area (Å²) in [4.78, 5) is 12.9. The summed E-state index contributed by atoms with van der Waals surface area (Å²) >= 11 is 1.60. The number of hydrogen-bond acceptors (Lipinski definition) is 2. The second kappa shape index (κ2) is 10.6. The van der Waals surface area contributed by atoms with E-state index < -0.39 is 0 Å². The van der Waals surface area contributed by atoms with Crippen LogP contribution in [-0.2, 0) is 0 Å². The highest BCUT2D eigenvalue weighted by Crippen LogP contribution is 2.67. The fourth-order valence-electron chi connectivity index (χ4n) is 9.55. The van der Waals surface area contributed by atoms with Gasteiger partial charge in [0.2, 0.25) is 5.12 Å². The molecular formula is C34H50OS. The van der Waals surface area contributed by atoms with Gasteiger partial charge in [0.05, 0.1) is 0 Å². The lowest BCUT2D eigenvalue weighted by Gasteiger charge is -2.58. The molecule has 3 saturated carbocycles. The molecule has 4 aliphatic carbocycles. The summed E-state index contributed by atoms with van der Waals surface area (Å²) < 4.78 is 0. The van der Waals surface area contributed by atoms with Crippen molar-refractivity contribution >= 4 is 16.9 Å². The zero-order valence-corrected chi connectivity index (χ0v) is 24.4. The molecule has 5 rings (SSSR count). The Labute approximate surface area is 225 Å². The van der Waals surface area contributed by atoms with Gasteiger partial charge in [-0.15, -0.1) is 0 Å². The van der Waals surface area contributed by atoms with Gasteiger partial charge in [-0.2, -0.15) is 0 Å². The average Bonchev–Trinajstić information content (AvgIpc) is 3.22. The molecule has 36 heavy (non-hydrogen) atoms. The summed E-state index contributed by atoms with van der Waals surface area (Å²) in [6.45, 7) is 12.6. The third-order valence-electron chi connectivity index (χ3n) is 11.5. The highest BCUT2D eigenvalue weighted by Gasteiger charge is 2.59. The molecule has 0 aromatic heterocycles. The number of allylic oxidation sites excluding steroid dienone is 2. The van der Waals surface area contributed by atoms with Gasteiger partial charge >= 0.3 is 0 Å². The van der Waals surface area contributed by atoms with Crippen molar-refractivity contribution in [2.75, 3.05) is 0 Å². The first kappa shape index (κ1) is 26.6. The van der Waals surface area contributed by atoms with Crippen LogP contribution in [0.1, 0.15) is 116 Å². The van der Waals surface area contributed by atoms with Gasteiger partial charge < -0.3 is 0 Å². The summed E-state index contributed by atoms with van der Waals surface area (Å²) in [6.07, 6.45) is 17.6. The molecule has 0 bridgehead atoms. The van der Waals surface area contributed by atoms with Gasteiger partial charge in [0.1, 0.15) is 0 Å². The lowest BCUT2D eigenvalue weighted by atomic mass is 9.47. The molecular weight excluding hydrogens is 456 g/mol. The van der Waals surface area contributed by atoms with E-state index in [4.69, 9.17) is 0 Å². The van der Waals surface area contributed by atoms with Crippen LogP contribution in [0.15, 0.2) is 42.0 Å². The van der Waals surface area contributed by atoms with E-state index in [0.29, 0.717) is 16.1 Å². The molecule has 8 unspecified atom stereocenters. The van der Waals surface area contributed by atoms with Gasteiger partial charge in [0, 0.05) is 10.8 Å². The Kier molecular flexibility index (Phi) is 7.85. The highest BCUT2D eigenvalue weighted by atomic mass is 32.2. The van der Waals surface area contributed by atoms with Crippen molar-refractivity contribution in [2.24, 2.45) is 46.3 Å². The second-order valence-electron chi connectivity index (χ2n) is 13.9. The number of fused-ring (bicyclic) bond motifs is 5. The van der Waals surface area contributed by atoms with Gasteiger partial charge in [-0.1, -0.05) is 108 Å². The van der Waals surface area contributed by atoms with Crippen LogP contribution in [0.2, 0.25) is 0 Å². The van der Waals surface area contributed by atoms with E-state index in [9.17, 15) is 4.79 Å². The molecule has 4 aliphatic rings. The Hall–Kier alpha value is -1.02. The van der Waals surface area contributed by atoms with Gasteiger partial charge in [-0.3, -0.25) is 4.79 Å². The zero-order chi connectivity index (χ0) is 25.5. The fourth-order valence-corrected chi connectivity index (χ4v) is 10.6. The summed E-state index contributed by atoms with van der Waals surface area (Å²) in [7, 11) is 0. The van der Waals surface area contributed by atoms with Crippen molar-refractivity contribution in [1.29, 1.82) is 0 Å². The first-order valence-electron chi connectivity index (χ1n) is 15.2. The maximum atomic E-state index is 12.9. The molecule has 198 valence electrons. The maximum Gasteiger partial charge on any atom is 0.219 e. The summed E-state index contributed by atoms with van der Waals surface area (Å²) in [5.74, 6) is 5.34. The molecule has 8 atom stereocenters. The summed E-state index contributed by atoms with van der Waals surface area (Å²) in [5, 5.41) is 0.705.